The first kappa shape index (κ1) is 12.9. The summed E-state index contributed by atoms with van der Waals surface area (Å²) >= 11 is 0. The topological polar surface area (TPSA) is 61.3 Å². The van der Waals surface area contributed by atoms with Crippen molar-refractivity contribution in [3.8, 4) is 0 Å². The zero-order chi connectivity index (χ0) is 12.1. The fourth-order valence-electron chi connectivity index (χ4n) is 1.35. The molecule has 0 amide bonds. The van der Waals surface area contributed by atoms with Crippen molar-refractivity contribution < 1.29 is 4.74 Å². The second kappa shape index (κ2) is 5.81. The summed E-state index contributed by atoms with van der Waals surface area (Å²) in [7, 11) is 1.60. The first-order chi connectivity index (χ1) is 7.54. The van der Waals surface area contributed by atoms with Crippen molar-refractivity contribution in [3.05, 3.63) is 0 Å². The Morgan fingerprint density at radius 2 is 2.00 bits per heavy atom. The van der Waals surface area contributed by atoms with Crippen LogP contribution in [0.3, 0.4) is 0 Å². The number of aliphatic imine (C=N–C) groups is 2. The summed E-state index contributed by atoms with van der Waals surface area (Å²) in [6, 6.07) is 1.13. The third kappa shape index (κ3) is 3.46. The molecule has 2 N–H and O–H groups in total. The standard InChI is InChI=1S/C10H21N5O/c1-7(2)13-9-11-6-12-10(16-5)15(9)14-8(3)4/h6-9,13-14H,1-5H3. The molecule has 1 rings (SSSR count). The molecule has 1 atom stereocenters. The van der Waals surface area contributed by atoms with Crippen LogP contribution in [0.15, 0.2) is 9.98 Å². The number of hydrogen-bond acceptors (Lipinski definition) is 6. The third-order valence-corrected chi connectivity index (χ3v) is 1.89. The van der Waals surface area contributed by atoms with Crippen LogP contribution in [0.2, 0.25) is 0 Å². The minimum absolute atomic E-state index is 0.185. The van der Waals surface area contributed by atoms with Gasteiger partial charge in [0.15, 0.2) is 6.29 Å². The Morgan fingerprint density at radius 1 is 1.31 bits per heavy atom. The lowest BCUT2D eigenvalue weighted by Gasteiger charge is -2.34. The van der Waals surface area contributed by atoms with Gasteiger partial charge < -0.3 is 4.74 Å². The van der Waals surface area contributed by atoms with Gasteiger partial charge in [-0.05, 0) is 27.7 Å². The van der Waals surface area contributed by atoms with Crippen molar-refractivity contribution in [1.29, 1.82) is 0 Å². The molecule has 1 aliphatic rings. The summed E-state index contributed by atoms with van der Waals surface area (Å²) in [4.78, 5) is 8.33. The normalized spacial score (nSPS) is 20.6. The molecule has 6 nitrogen and oxygen atoms in total. The van der Waals surface area contributed by atoms with Crippen molar-refractivity contribution in [2.75, 3.05) is 7.11 Å². The van der Waals surface area contributed by atoms with Crippen LogP contribution in [0.1, 0.15) is 27.7 Å². The molecule has 0 aliphatic carbocycles. The molecule has 0 saturated heterocycles. The lowest BCUT2D eigenvalue weighted by Crippen LogP contribution is -2.59. The molecule has 6 heteroatoms. The number of amidine groups is 1. The quantitative estimate of drug-likeness (QED) is 0.735. The highest BCUT2D eigenvalue weighted by atomic mass is 16.5. The highest BCUT2D eigenvalue weighted by Crippen LogP contribution is 2.04. The highest BCUT2D eigenvalue weighted by molar-refractivity contribution is 5.84. The van der Waals surface area contributed by atoms with Gasteiger partial charge in [0.05, 0.1) is 7.11 Å². The van der Waals surface area contributed by atoms with Crippen molar-refractivity contribution in [1.82, 2.24) is 15.8 Å². The molecule has 0 bridgehead atoms. The maximum Gasteiger partial charge on any atom is 0.311 e. The van der Waals surface area contributed by atoms with E-state index < -0.39 is 0 Å². The van der Waals surface area contributed by atoms with E-state index in [1.165, 1.54) is 6.34 Å². The molecule has 1 heterocycles. The maximum absolute atomic E-state index is 5.20. The molecule has 0 spiro atoms. The third-order valence-electron chi connectivity index (χ3n) is 1.89. The molecule has 0 radical (unpaired) electrons. The summed E-state index contributed by atoms with van der Waals surface area (Å²) in [5.41, 5.74) is 3.24. The van der Waals surface area contributed by atoms with Gasteiger partial charge in [-0.15, -0.1) is 0 Å². The van der Waals surface area contributed by atoms with Gasteiger partial charge in [0.1, 0.15) is 6.34 Å². The number of ether oxygens (including phenoxy) is 1. The lowest BCUT2D eigenvalue weighted by molar-refractivity contribution is 0.129. The van der Waals surface area contributed by atoms with Crippen LogP contribution in [0, 0.1) is 0 Å². The first-order valence-electron chi connectivity index (χ1n) is 5.49. The maximum atomic E-state index is 5.20. The monoisotopic (exact) mass is 227 g/mol. The van der Waals surface area contributed by atoms with Crippen molar-refractivity contribution >= 4 is 12.4 Å². The Labute approximate surface area is 96.8 Å². The molecule has 0 aromatic rings. The summed E-state index contributed by atoms with van der Waals surface area (Å²) in [5, 5.41) is 5.10. The minimum atomic E-state index is -0.185. The lowest BCUT2D eigenvalue weighted by atomic mass is 10.4. The fraction of sp³-hybridized carbons (Fsp3) is 0.800. The number of nitrogens with zero attached hydrogens (tertiary/aromatic N) is 3. The zero-order valence-electron chi connectivity index (χ0n) is 10.6. The van der Waals surface area contributed by atoms with Crippen LogP contribution in [-0.4, -0.2) is 42.9 Å². The molecular formula is C10H21N5O. The number of rotatable bonds is 4. The molecule has 0 fully saturated rings. The van der Waals surface area contributed by atoms with Crippen molar-refractivity contribution in [2.45, 2.75) is 46.1 Å². The van der Waals surface area contributed by atoms with Crippen molar-refractivity contribution in [3.63, 3.8) is 0 Å². The molecular weight excluding hydrogens is 206 g/mol. The van der Waals surface area contributed by atoms with Gasteiger partial charge in [-0.1, -0.05) is 0 Å². The largest absolute Gasteiger partial charge is 0.467 e. The second-order valence-electron chi connectivity index (χ2n) is 4.23. The van der Waals surface area contributed by atoms with E-state index in [1.54, 1.807) is 12.1 Å². The molecule has 92 valence electrons. The Morgan fingerprint density at radius 3 is 2.50 bits per heavy atom. The molecule has 0 saturated carbocycles. The Bertz CT molecular complexity index is 274. The van der Waals surface area contributed by atoms with E-state index in [0.29, 0.717) is 12.1 Å². The second-order valence-corrected chi connectivity index (χ2v) is 4.23. The van der Waals surface area contributed by atoms with E-state index in [-0.39, 0.29) is 12.3 Å². The Balaban J connectivity index is 2.74. The molecule has 0 aromatic carbocycles. The van der Waals surface area contributed by atoms with E-state index >= 15 is 0 Å². The summed E-state index contributed by atoms with van der Waals surface area (Å²) in [5.74, 6) is 0. The number of hydrazine groups is 1. The van der Waals surface area contributed by atoms with Crippen LogP contribution in [0.4, 0.5) is 0 Å². The number of hydrogen-bond donors (Lipinski definition) is 2. The van der Waals surface area contributed by atoms with Gasteiger partial charge in [-0.2, -0.15) is 4.99 Å². The Hall–Kier alpha value is -1.14. The highest BCUT2D eigenvalue weighted by Gasteiger charge is 2.25. The predicted molar refractivity (Wildman–Crippen MR) is 65.1 cm³/mol. The van der Waals surface area contributed by atoms with E-state index in [4.69, 9.17) is 4.74 Å². The summed E-state index contributed by atoms with van der Waals surface area (Å²) in [6.07, 6.45) is 1.33. The van der Waals surface area contributed by atoms with Crippen molar-refractivity contribution in [2.24, 2.45) is 9.98 Å². The van der Waals surface area contributed by atoms with Crippen LogP contribution in [0.25, 0.3) is 0 Å². The van der Waals surface area contributed by atoms with E-state index in [9.17, 15) is 0 Å². The molecule has 1 unspecified atom stereocenters. The van der Waals surface area contributed by atoms with Crippen LogP contribution < -0.4 is 10.7 Å². The number of methoxy groups -OCH3 is 1. The molecule has 16 heavy (non-hydrogen) atoms. The van der Waals surface area contributed by atoms with Gasteiger partial charge >= 0.3 is 6.02 Å². The van der Waals surface area contributed by atoms with Crippen LogP contribution >= 0.6 is 0 Å². The van der Waals surface area contributed by atoms with Gasteiger partial charge in [-0.25, -0.2) is 15.4 Å². The van der Waals surface area contributed by atoms with E-state index in [0.717, 1.165) is 0 Å². The molecule has 0 aromatic heterocycles. The Kier molecular flexibility index (Phi) is 4.70. The van der Waals surface area contributed by atoms with E-state index in [2.05, 4.69) is 48.4 Å². The van der Waals surface area contributed by atoms with Gasteiger partial charge in [0.2, 0.25) is 0 Å². The predicted octanol–water partition coefficient (Wildman–Crippen LogP) is 0.527. The van der Waals surface area contributed by atoms with Crippen LogP contribution in [0.5, 0.6) is 0 Å². The van der Waals surface area contributed by atoms with Crippen LogP contribution in [-0.2, 0) is 4.74 Å². The summed E-state index contributed by atoms with van der Waals surface area (Å²) in [6.45, 7) is 8.25. The molecule has 1 aliphatic heterocycles. The summed E-state index contributed by atoms with van der Waals surface area (Å²) < 4.78 is 5.20. The minimum Gasteiger partial charge on any atom is -0.467 e. The fourth-order valence-corrected chi connectivity index (χ4v) is 1.35. The van der Waals surface area contributed by atoms with Gasteiger partial charge in [0, 0.05) is 12.1 Å². The smallest absolute Gasteiger partial charge is 0.311 e. The van der Waals surface area contributed by atoms with E-state index in [1.807, 2.05) is 0 Å². The average molecular weight is 227 g/mol. The van der Waals surface area contributed by atoms with Gasteiger partial charge in [0.25, 0.3) is 0 Å². The number of nitrogens with one attached hydrogen (secondary N) is 2. The average Bonchev–Trinajstić information content (AvgIpc) is 2.19. The van der Waals surface area contributed by atoms with Gasteiger partial charge in [-0.3, -0.25) is 5.32 Å². The zero-order valence-corrected chi connectivity index (χ0v) is 10.6. The first-order valence-corrected chi connectivity index (χ1v) is 5.49. The SMILES string of the molecule is COC1=NC=NC(NC(C)C)N1NC(C)C.